The Morgan fingerprint density at radius 1 is 1.25 bits per heavy atom. The molecule has 0 atom stereocenters. The lowest BCUT2D eigenvalue weighted by Gasteiger charge is -2.07. The number of anilines is 1. The van der Waals surface area contributed by atoms with Crippen LogP contribution >= 0.6 is 27.3 Å². The van der Waals surface area contributed by atoms with Crippen LogP contribution in [0, 0.1) is 0 Å². The highest BCUT2D eigenvalue weighted by Crippen LogP contribution is 2.28. The summed E-state index contributed by atoms with van der Waals surface area (Å²) in [6.07, 6.45) is 0. The van der Waals surface area contributed by atoms with E-state index < -0.39 is 0 Å². The van der Waals surface area contributed by atoms with Crippen molar-refractivity contribution in [3.63, 3.8) is 0 Å². The van der Waals surface area contributed by atoms with E-state index in [9.17, 15) is 4.79 Å². The van der Waals surface area contributed by atoms with Gasteiger partial charge < -0.3 is 4.74 Å². The highest BCUT2D eigenvalue weighted by molar-refractivity contribution is 9.10. The molecule has 0 saturated carbocycles. The van der Waals surface area contributed by atoms with Crippen molar-refractivity contribution in [1.82, 2.24) is 4.98 Å². The normalized spacial score (nSPS) is 10.4. The fourth-order valence-corrected chi connectivity index (χ4v) is 3.36. The number of hydrogen-bond donors (Lipinski definition) is 1. The summed E-state index contributed by atoms with van der Waals surface area (Å²) in [7, 11) is 0. The molecule has 0 aliphatic carbocycles. The highest BCUT2D eigenvalue weighted by Gasteiger charge is 2.12. The molecular formula is C18H15BrN2O2S. The molecule has 0 fully saturated rings. The number of carbonyl (C=O) groups is 1. The van der Waals surface area contributed by atoms with Crippen LogP contribution in [0.1, 0.15) is 17.3 Å². The minimum atomic E-state index is -0.201. The molecule has 0 spiro atoms. The molecule has 0 aliphatic rings. The van der Waals surface area contributed by atoms with E-state index in [1.165, 1.54) is 11.3 Å². The Labute approximate surface area is 152 Å². The van der Waals surface area contributed by atoms with Crippen molar-refractivity contribution < 1.29 is 9.53 Å². The highest BCUT2D eigenvalue weighted by atomic mass is 79.9. The lowest BCUT2D eigenvalue weighted by molar-refractivity contribution is 0.102. The predicted octanol–water partition coefficient (Wildman–Crippen LogP) is 5.22. The van der Waals surface area contributed by atoms with Crippen LogP contribution in [0.3, 0.4) is 0 Å². The van der Waals surface area contributed by atoms with Crippen molar-refractivity contribution in [1.29, 1.82) is 0 Å². The van der Waals surface area contributed by atoms with E-state index in [-0.39, 0.29) is 5.91 Å². The molecule has 4 nitrogen and oxygen atoms in total. The van der Waals surface area contributed by atoms with Gasteiger partial charge in [-0.25, -0.2) is 4.98 Å². The van der Waals surface area contributed by atoms with Gasteiger partial charge >= 0.3 is 0 Å². The van der Waals surface area contributed by atoms with Gasteiger partial charge in [0.05, 0.1) is 16.8 Å². The Balaban J connectivity index is 1.73. The zero-order valence-electron chi connectivity index (χ0n) is 13.0. The van der Waals surface area contributed by atoms with Crippen molar-refractivity contribution in [2.75, 3.05) is 11.9 Å². The van der Waals surface area contributed by atoms with E-state index in [1.54, 1.807) is 18.2 Å². The van der Waals surface area contributed by atoms with Crippen molar-refractivity contribution in [3.05, 3.63) is 63.9 Å². The van der Waals surface area contributed by atoms with E-state index in [2.05, 4.69) is 26.2 Å². The van der Waals surface area contributed by atoms with Crippen LogP contribution in [0.25, 0.3) is 11.3 Å². The molecule has 0 radical (unpaired) electrons. The molecule has 2 aromatic carbocycles. The minimum absolute atomic E-state index is 0.201. The summed E-state index contributed by atoms with van der Waals surface area (Å²) in [6.45, 7) is 2.49. The number of amides is 1. The molecule has 1 amide bonds. The third-order valence-corrected chi connectivity index (χ3v) is 4.67. The largest absolute Gasteiger partial charge is 0.493 e. The van der Waals surface area contributed by atoms with Crippen molar-refractivity contribution in [2.24, 2.45) is 0 Å². The number of halogens is 1. The summed E-state index contributed by atoms with van der Waals surface area (Å²) in [5.74, 6) is 0.516. The molecule has 0 aliphatic heterocycles. The Bertz CT molecular complexity index is 849. The van der Waals surface area contributed by atoms with E-state index in [4.69, 9.17) is 4.74 Å². The number of benzene rings is 2. The minimum Gasteiger partial charge on any atom is -0.493 e. The van der Waals surface area contributed by atoms with Crippen molar-refractivity contribution >= 4 is 38.3 Å². The zero-order chi connectivity index (χ0) is 16.9. The first kappa shape index (κ1) is 16.7. The van der Waals surface area contributed by atoms with Crippen LogP contribution < -0.4 is 10.1 Å². The standard InChI is InChI=1S/C18H15BrN2O2S/c1-2-23-16-9-8-13(10-14(16)19)17(22)21-18-20-15(11-24-18)12-6-4-3-5-7-12/h3-11H,2H2,1H3,(H,20,21,22). The maximum Gasteiger partial charge on any atom is 0.257 e. The topological polar surface area (TPSA) is 51.2 Å². The van der Waals surface area contributed by atoms with Crippen LogP contribution in [0.4, 0.5) is 5.13 Å². The van der Waals surface area contributed by atoms with E-state index >= 15 is 0 Å². The molecule has 0 saturated heterocycles. The van der Waals surface area contributed by atoms with Gasteiger partial charge in [-0.15, -0.1) is 11.3 Å². The first-order valence-corrected chi connectivity index (χ1v) is 9.09. The molecule has 1 aromatic heterocycles. The molecule has 3 rings (SSSR count). The van der Waals surface area contributed by atoms with Gasteiger partial charge in [0.1, 0.15) is 5.75 Å². The van der Waals surface area contributed by atoms with Crippen LogP contribution in [0.5, 0.6) is 5.75 Å². The van der Waals surface area contributed by atoms with Crippen molar-refractivity contribution in [3.8, 4) is 17.0 Å². The number of hydrogen-bond acceptors (Lipinski definition) is 4. The SMILES string of the molecule is CCOc1ccc(C(=O)Nc2nc(-c3ccccc3)cs2)cc1Br. The number of thiazole rings is 1. The van der Waals surface area contributed by atoms with Gasteiger partial charge in [0.25, 0.3) is 5.91 Å². The van der Waals surface area contributed by atoms with Gasteiger partial charge in [-0.05, 0) is 41.1 Å². The van der Waals surface area contributed by atoms with Crippen molar-refractivity contribution in [2.45, 2.75) is 6.92 Å². The molecule has 6 heteroatoms. The molecule has 3 aromatic rings. The summed E-state index contributed by atoms with van der Waals surface area (Å²) < 4.78 is 6.20. The second-order valence-corrected chi connectivity index (χ2v) is 6.65. The number of rotatable bonds is 5. The molecule has 1 N–H and O–H groups in total. The van der Waals surface area contributed by atoms with Gasteiger partial charge in [-0.3, -0.25) is 10.1 Å². The number of nitrogens with zero attached hydrogens (tertiary/aromatic N) is 1. The van der Waals surface area contributed by atoms with Gasteiger partial charge in [-0.1, -0.05) is 30.3 Å². The fourth-order valence-electron chi connectivity index (χ4n) is 2.16. The maximum absolute atomic E-state index is 12.4. The lowest BCUT2D eigenvalue weighted by atomic mass is 10.2. The van der Waals surface area contributed by atoms with Crippen LogP contribution in [-0.2, 0) is 0 Å². The van der Waals surface area contributed by atoms with Gasteiger partial charge in [-0.2, -0.15) is 0 Å². The zero-order valence-corrected chi connectivity index (χ0v) is 15.4. The molecule has 1 heterocycles. The summed E-state index contributed by atoms with van der Waals surface area (Å²) in [5.41, 5.74) is 2.42. The molecule has 0 unspecified atom stereocenters. The number of carbonyl (C=O) groups excluding carboxylic acids is 1. The summed E-state index contributed by atoms with van der Waals surface area (Å²) in [6, 6.07) is 15.1. The Morgan fingerprint density at radius 2 is 2.04 bits per heavy atom. The lowest BCUT2D eigenvalue weighted by Crippen LogP contribution is -2.11. The number of aromatic nitrogens is 1. The molecule has 24 heavy (non-hydrogen) atoms. The maximum atomic E-state index is 12.4. The van der Waals surface area contributed by atoms with E-state index in [0.29, 0.717) is 17.3 Å². The van der Waals surface area contributed by atoms with Crippen LogP contribution in [0.2, 0.25) is 0 Å². The molecular weight excluding hydrogens is 388 g/mol. The summed E-state index contributed by atoms with van der Waals surface area (Å²) in [4.78, 5) is 16.8. The average Bonchev–Trinajstić information content (AvgIpc) is 3.06. The predicted molar refractivity (Wildman–Crippen MR) is 101 cm³/mol. The average molecular weight is 403 g/mol. The monoisotopic (exact) mass is 402 g/mol. The summed E-state index contributed by atoms with van der Waals surface area (Å²) in [5, 5.41) is 5.34. The van der Waals surface area contributed by atoms with E-state index in [0.717, 1.165) is 21.5 Å². The molecule has 0 bridgehead atoms. The van der Waals surface area contributed by atoms with Crippen LogP contribution in [0.15, 0.2) is 58.4 Å². The second-order valence-electron chi connectivity index (χ2n) is 4.94. The smallest absolute Gasteiger partial charge is 0.257 e. The van der Waals surface area contributed by atoms with Gasteiger partial charge in [0.2, 0.25) is 0 Å². The Kier molecular flexibility index (Phi) is 5.27. The van der Waals surface area contributed by atoms with Crippen LogP contribution in [-0.4, -0.2) is 17.5 Å². The van der Waals surface area contributed by atoms with E-state index in [1.807, 2.05) is 42.6 Å². The quantitative estimate of drug-likeness (QED) is 0.635. The Morgan fingerprint density at radius 3 is 2.75 bits per heavy atom. The number of ether oxygens (including phenoxy) is 1. The van der Waals surface area contributed by atoms with Gasteiger partial charge in [0.15, 0.2) is 5.13 Å². The fraction of sp³-hybridized carbons (Fsp3) is 0.111. The van der Waals surface area contributed by atoms with Gasteiger partial charge in [0, 0.05) is 16.5 Å². The summed E-state index contributed by atoms with van der Waals surface area (Å²) >= 11 is 4.82. The first-order valence-electron chi connectivity index (χ1n) is 7.42. The Hall–Kier alpha value is -2.18. The third kappa shape index (κ3) is 3.83. The molecule has 122 valence electrons. The third-order valence-electron chi connectivity index (χ3n) is 3.29. The second kappa shape index (κ2) is 7.59. The number of nitrogens with one attached hydrogen (secondary N) is 1. The first-order chi connectivity index (χ1) is 11.7.